The molecule has 3 atom stereocenters. The number of hydrogen-bond acceptors (Lipinski definition) is 8. The fraction of sp³-hybridized carbons (Fsp3) is 0.640. The molecule has 0 unspecified atom stereocenters. The molecule has 0 aliphatic carbocycles. The average Bonchev–Trinajstić information content (AvgIpc) is 3.30. The Kier molecular flexibility index (Phi) is 8.59. The molecule has 192 valence electrons. The molecule has 1 N–H and O–H groups in total. The number of benzene rings is 1. The molecular weight excluding hydrogens is 450 g/mol. The quantitative estimate of drug-likeness (QED) is 0.657. The lowest BCUT2D eigenvalue weighted by Gasteiger charge is -2.35. The standard InChI is InChI=1S/C25H37N5O5/c1-18-13-29(19(2)16-31)25(32)5-4-8-30-21(12-26-27-30)17-35-24(18)15-28(3)14-20-6-7-22-23(11-20)34-10-9-33-22/h6-7,11-12,18-19,24,31H,4-5,8-10,13-17H2,1-3H3/t18-,19-,24-/m0/s1. The lowest BCUT2D eigenvalue weighted by atomic mass is 10.0. The number of amides is 1. The van der Waals surface area contributed by atoms with Crippen LogP contribution in [0.4, 0.5) is 0 Å². The van der Waals surface area contributed by atoms with Crippen molar-refractivity contribution in [2.24, 2.45) is 5.92 Å². The molecule has 3 heterocycles. The van der Waals surface area contributed by atoms with Gasteiger partial charge in [0.05, 0.1) is 37.3 Å². The molecule has 0 saturated heterocycles. The molecule has 1 aromatic carbocycles. The number of nitrogens with zero attached hydrogens (tertiary/aromatic N) is 5. The molecule has 0 fully saturated rings. The monoisotopic (exact) mass is 487 g/mol. The highest BCUT2D eigenvalue weighted by atomic mass is 16.6. The van der Waals surface area contributed by atoms with Gasteiger partial charge in [0.25, 0.3) is 0 Å². The lowest BCUT2D eigenvalue weighted by Crippen LogP contribution is -2.47. The zero-order chi connectivity index (χ0) is 24.8. The highest BCUT2D eigenvalue weighted by Crippen LogP contribution is 2.31. The second-order valence-corrected chi connectivity index (χ2v) is 9.63. The van der Waals surface area contributed by atoms with Crippen LogP contribution in [0, 0.1) is 5.92 Å². The van der Waals surface area contributed by atoms with Crippen LogP contribution in [0.25, 0.3) is 0 Å². The first kappa shape index (κ1) is 25.4. The van der Waals surface area contributed by atoms with Gasteiger partial charge in [-0.05, 0) is 38.1 Å². The summed E-state index contributed by atoms with van der Waals surface area (Å²) in [5, 5.41) is 18.0. The van der Waals surface area contributed by atoms with E-state index in [0.29, 0.717) is 52.3 Å². The Hall–Kier alpha value is -2.69. The number of rotatable bonds is 6. The first-order valence-electron chi connectivity index (χ1n) is 12.4. The van der Waals surface area contributed by atoms with E-state index < -0.39 is 0 Å². The predicted octanol–water partition coefficient (Wildman–Crippen LogP) is 1.71. The number of ether oxygens (including phenoxy) is 3. The third kappa shape index (κ3) is 6.50. The molecule has 0 spiro atoms. The van der Waals surface area contributed by atoms with Crippen LogP contribution in [0.15, 0.2) is 24.4 Å². The molecule has 10 heteroatoms. The van der Waals surface area contributed by atoms with Crippen LogP contribution in [0.1, 0.15) is 37.9 Å². The largest absolute Gasteiger partial charge is 0.486 e. The summed E-state index contributed by atoms with van der Waals surface area (Å²) in [5.41, 5.74) is 2.04. The molecule has 0 saturated carbocycles. The third-order valence-corrected chi connectivity index (χ3v) is 6.69. The van der Waals surface area contributed by atoms with Gasteiger partial charge in [-0.1, -0.05) is 18.2 Å². The second kappa shape index (κ2) is 11.8. The van der Waals surface area contributed by atoms with Crippen LogP contribution in [0.3, 0.4) is 0 Å². The fourth-order valence-electron chi connectivity index (χ4n) is 4.62. The maximum atomic E-state index is 13.0. The molecule has 10 nitrogen and oxygen atoms in total. The predicted molar refractivity (Wildman–Crippen MR) is 129 cm³/mol. The summed E-state index contributed by atoms with van der Waals surface area (Å²) in [6, 6.07) is 5.80. The number of aliphatic hydroxyl groups excluding tert-OH is 1. The van der Waals surface area contributed by atoms with Crippen molar-refractivity contribution >= 4 is 5.91 Å². The zero-order valence-electron chi connectivity index (χ0n) is 20.9. The highest BCUT2D eigenvalue weighted by molar-refractivity contribution is 5.76. The number of likely N-dealkylation sites (N-methyl/N-ethyl adjacent to an activating group) is 1. The van der Waals surface area contributed by atoms with E-state index in [0.717, 1.165) is 29.3 Å². The van der Waals surface area contributed by atoms with E-state index in [-0.39, 0.29) is 30.6 Å². The summed E-state index contributed by atoms with van der Waals surface area (Å²) in [6.07, 6.45) is 2.67. The molecule has 2 aliphatic rings. The van der Waals surface area contributed by atoms with E-state index in [1.165, 1.54) is 0 Å². The molecule has 35 heavy (non-hydrogen) atoms. The van der Waals surface area contributed by atoms with Crippen LogP contribution in [-0.2, 0) is 29.2 Å². The minimum absolute atomic E-state index is 0.0454. The third-order valence-electron chi connectivity index (χ3n) is 6.69. The van der Waals surface area contributed by atoms with Crippen molar-refractivity contribution < 1.29 is 24.1 Å². The minimum Gasteiger partial charge on any atom is -0.486 e. The van der Waals surface area contributed by atoms with Crippen molar-refractivity contribution in [1.29, 1.82) is 0 Å². The van der Waals surface area contributed by atoms with Crippen molar-refractivity contribution in [3.05, 3.63) is 35.7 Å². The second-order valence-electron chi connectivity index (χ2n) is 9.63. The van der Waals surface area contributed by atoms with Crippen LogP contribution in [-0.4, -0.2) is 87.9 Å². The van der Waals surface area contributed by atoms with Gasteiger partial charge in [0, 0.05) is 38.5 Å². The first-order chi connectivity index (χ1) is 16.9. The number of hydrogen-bond donors (Lipinski definition) is 1. The molecule has 4 rings (SSSR count). The summed E-state index contributed by atoms with van der Waals surface area (Å²) in [5.74, 6) is 1.67. The van der Waals surface area contributed by atoms with Gasteiger partial charge in [0.15, 0.2) is 11.5 Å². The Labute approximate surface area is 206 Å². The van der Waals surface area contributed by atoms with Crippen LogP contribution >= 0.6 is 0 Å². The SMILES string of the molecule is C[C@H]1CN([C@@H](C)CO)C(=O)CCCn2nncc2CO[C@H]1CN(C)Cc1ccc2c(c1)OCCO2. The molecular formula is C25H37N5O5. The number of carbonyl (C=O) groups is 1. The first-order valence-corrected chi connectivity index (χ1v) is 12.4. The maximum absolute atomic E-state index is 13.0. The van der Waals surface area contributed by atoms with Crippen molar-refractivity contribution in [2.75, 3.05) is 40.0 Å². The van der Waals surface area contributed by atoms with Crippen molar-refractivity contribution in [3.63, 3.8) is 0 Å². The number of aryl methyl sites for hydroxylation is 1. The van der Waals surface area contributed by atoms with Crippen molar-refractivity contribution in [1.82, 2.24) is 24.8 Å². The molecule has 1 amide bonds. The van der Waals surface area contributed by atoms with Gasteiger partial charge in [-0.25, -0.2) is 4.68 Å². The highest BCUT2D eigenvalue weighted by Gasteiger charge is 2.28. The molecule has 2 aliphatic heterocycles. The number of aliphatic hydroxyl groups is 1. The van der Waals surface area contributed by atoms with Crippen LogP contribution in [0.2, 0.25) is 0 Å². The van der Waals surface area contributed by atoms with Crippen molar-refractivity contribution in [2.45, 2.75) is 58.5 Å². The Bertz CT molecular complexity index is 983. The van der Waals surface area contributed by atoms with Gasteiger partial charge in [-0.2, -0.15) is 0 Å². The van der Waals surface area contributed by atoms with Gasteiger partial charge in [0.1, 0.15) is 13.2 Å². The topological polar surface area (TPSA) is 102 Å². The Morgan fingerprint density at radius 2 is 2.06 bits per heavy atom. The molecule has 2 aromatic rings. The van der Waals surface area contributed by atoms with E-state index in [1.807, 2.05) is 23.7 Å². The number of carbonyl (C=O) groups excluding carboxylic acids is 1. The van der Waals surface area contributed by atoms with Crippen LogP contribution < -0.4 is 9.47 Å². The lowest BCUT2D eigenvalue weighted by molar-refractivity contribution is -0.136. The van der Waals surface area contributed by atoms with Gasteiger partial charge < -0.3 is 24.2 Å². The Morgan fingerprint density at radius 1 is 1.26 bits per heavy atom. The van der Waals surface area contributed by atoms with E-state index in [1.54, 1.807) is 11.1 Å². The van der Waals surface area contributed by atoms with Crippen molar-refractivity contribution in [3.8, 4) is 11.5 Å². The van der Waals surface area contributed by atoms with E-state index in [9.17, 15) is 9.90 Å². The smallest absolute Gasteiger partial charge is 0.222 e. The average molecular weight is 488 g/mol. The fourth-order valence-corrected chi connectivity index (χ4v) is 4.62. The summed E-state index contributed by atoms with van der Waals surface area (Å²) in [4.78, 5) is 17.0. The summed E-state index contributed by atoms with van der Waals surface area (Å²) in [6.45, 7) is 8.00. The maximum Gasteiger partial charge on any atom is 0.222 e. The normalized spacial score (nSPS) is 22.3. The Balaban J connectivity index is 1.48. The molecule has 1 aromatic heterocycles. The van der Waals surface area contributed by atoms with Gasteiger partial charge in [0.2, 0.25) is 5.91 Å². The van der Waals surface area contributed by atoms with E-state index in [2.05, 4.69) is 35.2 Å². The molecule has 0 radical (unpaired) electrons. The summed E-state index contributed by atoms with van der Waals surface area (Å²) >= 11 is 0. The molecule has 0 bridgehead atoms. The summed E-state index contributed by atoms with van der Waals surface area (Å²) in [7, 11) is 2.06. The minimum atomic E-state index is -0.245. The zero-order valence-corrected chi connectivity index (χ0v) is 20.9. The van der Waals surface area contributed by atoms with Gasteiger partial charge in [-0.3, -0.25) is 9.69 Å². The summed E-state index contributed by atoms with van der Waals surface area (Å²) < 4.78 is 19.6. The van der Waals surface area contributed by atoms with E-state index >= 15 is 0 Å². The van der Waals surface area contributed by atoms with Gasteiger partial charge in [-0.15, -0.1) is 5.10 Å². The number of aromatic nitrogens is 3. The van der Waals surface area contributed by atoms with Gasteiger partial charge >= 0.3 is 0 Å². The number of fused-ring (bicyclic) bond motifs is 2. The van der Waals surface area contributed by atoms with E-state index in [4.69, 9.17) is 14.2 Å². The van der Waals surface area contributed by atoms with Crippen LogP contribution in [0.5, 0.6) is 11.5 Å². The Morgan fingerprint density at radius 3 is 2.86 bits per heavy atom.